The molecule has 88 valence electrons. The van der Waals surface area contributed by atoms with Crippen molar-refractivity contribution < 1.29 is 13.9 Å². The Morgan fingerprint density at radius 3 is 2.38 bits per heavy atom. The highest BCUT2D eigenvalue weighted by Crippen LogP contribution is 2.23. The third kappa shape index (κ3) is 2.98. The number of benzene rings is 1. The van der Waals surface area contributed by atoms with Crippen molar-refractivity contribution in [3.8, 4) is 0 Å². The Labute approximate surface area is 97.1 Å². The molecule has 3 N–H and O–H groups in total. The van der Waals surface area contributed by atoms with Crippen LogP contribution in [-0.2, 0) is 11.1 Å². The summed E-state index contributed by atoms with van der Waals surface area (Å²) >= 11 is -1.99. The quantitative estimate of drug-likeness (QED) is 0.544. The van der Waals surface area contributed by atoms with E-state index in [1.807, 2.05) is 6.92 Å². The van der Waals surface area contributed by atoms with Gasteiger partial charge in [0.15, 0.2) is 11.1 Å². The minimum absolute atomic E-state index is 0.217. The van der Waals surface area contributed by atoms with Crippen LogP contribution in [0.15, 0.2) is 29.2 Å². The minimum atomic E-state index is -1.99. The van der Waals surface area contributed by atoms with Gasteiger partial charge in [-0.1, -0.05) is 19.1 Å². The highest BCUT2D eigenvalue weighted by Gasteiger charge is 2.17. The fraction of sp³-hybridized carbons (Fsp3) is 0.364. The van der Waals surface area contributed by atoms with Crippen LogP contribution in [0.2, 0.25) is 0 Å². The predicted octanol–water partition coefficient (Wildman–Crippen LogP) is 1.98. The van der Waals surface area contributed by atoms with E-state index >= 15 is 0 Å². The molecule has 3 atom stereocenters. The molecule has 1 rings (SSSR count). The van der Waals surface area contributed by atoms with Gasteiger partial charge in [0.05, 0.1) is 11.0 Å². The van der Waals surface area contributed by atoms with Crippen LogP contribution in [0.1, 0.15) is 25.0 Å². The molecule has 0 amide bonds. The number of aliphatic hydroxyl groups is 1. The summed E-state index contributed by atoms with van der Waals surface area (Å²) in [5.41, 5.74) is 0.657. The second-order valence-corrected chi connectivity index (χ2v) is 4.47. The summed E-state index contributed by atoms with van der Waals surface area (Å²) in [6, 6.07) is 6.23. The summed E-state index contributed by atoms with van der Waals surface area (Å²) in [4.78, 5) is 0.304. The van der Waals surface area contributed by atoms with Gasteiger partial charge in [-0.15, -0.1) is 0 Å². The first-order valence-corrected chi connectivity index (χ1v) is 6.10. The molecule has 0 aliphatic heterocycles. The van der Waals surface area contributed by atoms with Crippen LogP contribution in [0.5, 0.6) is 0 Å². The molecule has 5 heteroatoms. The lowest BCUT2D eigenvalue weighted by atomic mass is 9.95. The van der Waals surface area contributed by atoms with E-state index in [0.717, 1.165) is 0 Å². The average molecular weight is 241 g/mol. The first kappa shape index (κ1) is 13.0. The van der Waals surface area contributed by atoms with Crippen molar-refractivity contribution in [1.29, 1.82) is 5.41 Å². The molecule has 0 saturated carbocycles. The zero-order valence-electron chi connectivity index (χ0n) is 8.96. The molecule has 0 aliphatic carbocycles. The lowest BCUT2D eigenvalue weighted by Gasteiger charge is -2.17. The standard InChI is InChI=1S/C11H15NO3S/c1-2-8(7-12)11(13)9-3-5-10(6-4-9)16(14)15/h3-8,11-13H,2H2,1H3,(H,14,15)/t8-,11?/m0/s1. The maximum Gasteiger partial charge on any atom is 0.186 e. The van der Waals surface area contributed by atoms with Crippen molar-refractivity contribution in [2.45, 2.75) is 24.3 Å². The predicted molar refractivity (Wildman–Crippen MR) is 63.0 cm³/mol. The van der Waals surface area contributed by atoms with E-state index in [9.17, 15) is 9.32 Å². The Bertz CT molecular complexity index is 377. The molecule has 1 aromatic rings. The van der Waals surface area contributed by atoms with Crippen molar-refractivity contribution in [2.24, 2.45) is 5.92 Å². The van der Waals surface area contributed by atoms with Gasteiger partial charge in [0.1, 0.15) is 0 Å². The third-order valence-corrected chi connectivity index (χ3v) is 3.19. The summed E-state index contributed by atoms with van der Waals surface area (Å²) < 4.78 is 19.6. The van der Waals surface area contributed by atoms with Crippen LogP contribution < -0.4 is 0 Å². The van der Waals surface area contributed by atoms with Gasteiger partial charge >= 0.3 is 0 Å². The molecule has 0 heterocycles. The van der Waals surface area contributed by atoms with E-state index in [2.05, 4.69) is 0 Å². The summed E-state index contributed by atoms with van der Waals surface area (Å²) in [6.07, 6.45) is 1.17. The molecule has 0 bridgehead atoms. The van der Waals surface area contributed by atoms with Crippen molar-refractivity contribution in [3.63, 3.8) is 0 Å². The second kappa shape index (κ2) is 5.89. The van der Waals surface area contributed by atoms with Gasteiger partial charge in [0.25, 0.3) is 0 Å². The number of aliphatic hydroxyl groups excluding tert-OH is 1. The maximum atomic E-state index is 10.7. The minimum Gasteiger partial charge on any atom is -0.388 e. The summed E-state index contributed by atoms with van der Waals surface area (Å²) in [6.45, 7) is 1.90. The highest BCUT2D eigenvalue weighted by atomic mass is 32.2. The zero-order valence-corrected chi connectivity index (χ0v) is 9.78. The Kier molecular flexibility index (Phi) is 4.79. The Morgan fingerprint density at radius 1 is 1.44 bits per heavy atom. The molecule has 0 radical (unpaired) electrons. The zero-order chi connectivity index (χ0) is 12.1. The van der Waals surface area contributed by atoms with Crippen LogP contribution in [-0.4, -0.2) is 20.1 Å². The molecule has 1 aromatic carbocycles. The topological polar surface area (TPSA) is 81.4 Å². The van der Waals surface area contributed by atoms with Crippen molar-refractivity contribution in [2.75, 3.05) is 0 Å². The van der Waals surface area contributed by atoms with Gasteiger partial charge in [0.2, 0.25) is 0 Å². The number of hydrogen-bond donors (Lipinski definition) is 3. The SMILES string of the molecule is CC[C@@H](C=N)C(O)c1ccc(S(=O)O)cc1. The molecule has 0 saturated heterocycles. The van der Waals surface area contributed by atoms with E-state index in [0.29, 0.717) is 16.9 Å². The van der Waals surface area contributed by atoms with Crippen LogP contribution in [0, 0.1) is 11.3 Å². The fourth-order valence-electron chi connectivity index (χ4n) is 1.46. The monoisotopic (exact) mass is 241 g/mol. The molecule has 16 heavy (non-hydrogen) atoms. The molecule has 4 nitrogen and oxygen atoms in total. The fourth-order valence-corrected chi connectivity index (χ4v) is 1.83. The first-order valence-electron chi connectivity index (χ1n) is 4.99. The lowest BCUT2D eigenvalue weighted by molar-refractivity contribution is 0.139. The Hall–Kier alpha value is -1.04. The molecule has 2 unspecified atom stereocenters. The van der Waals surface area contributed by atoms with Crippen LogP contribution >= 0.6 is 0 Å². The smallest absolute Gasteiger partial charge is 0.186 e. The second-order valence-electron chi connectivity index (χ2n) is 3.50. The van der Waals surface area contributed by atoms with Crippen LogP contribution in [0.25, 0.3) is 0 Å². The van der Waals surface area contributed by atoms with E-state index in [-0.39, 0.29) is 5.92 Å². The van der Waals surface area contributed by atoms with E-state index in [1.165, 1.54) is 18.3 Å². The average Bonchev–Trinajstić information content (AvgIpc) is 2.30. The van der Waals surface area contributed by atoms with Gasteiger partial charge in [-0.25, -0.2) is 4.21 Å². The van der Waals surface area contributed by atoms with Crippen LogP contribution in [0.4, 0.5) is 0 Å². The van der Waals surface area contributed by atoms with Gasteiger partial charge < -0.3 is 15.1 Å². The molecule has 0 fully saturated rings. The number of hydrogen-bond acceptors (Lipinski definition) is 3. The maximum absolute atomic E-state index is 10.7. The van der Waals surface area contributed by atoms with Gasteiger partial charge in [0, 0.05) is 12.1 Å². The van der Waals surface area contributed by atoms with E-state index in [4.69, 9.17) is 9.96 Å². The summed E-state index contributed by atoms with van der Waals surface area (Å²) in [5.74, 6) is -0.217. The summed E-state index contributed by atoms with van der Waals surface area (Å²) in [7, 11) is 0. The van der Waals surface area contributed by atoms with Gasteiger partial charge in [-0.05, 0) is 24.1 Å². The van der Waals surface area contributed by atoms with Gasteiger partial charge in [-0.3, -0.25) is 0 Å². The van der Waals surface area contributed by atoms with Crippen molar-refractivity contribution >= 4 is 17.3 Å². The first-order chi connectivity index (χ1) is 7.60. The molecular weight excluding hydrogens is 226 g/mol. The van der Waals surface area contributed by atoms with E-state index < -0.39 is 17.2 Å². The highest BCUT2D eigenvalue weighted by molar-refractivity contribution is 7.79. The lowest BCUT2D eigenvalue weighted by Crippen LogP contribution is -2.12. The normalized spacial score (nSPS) is 16.4. The van der Waals surface area contributed by atoms with Crippen LogP contribution in [0.3, 0.4) is 0 Å². The largest absolute Gasteiger partial charge is 0.388 e. The van der Waals surface area contributed by atoms with E-state index in [1.54, 1.807) is 12.1 Å². The third-order valence-electron chi connectivity index (χ3n) is 2.51. The molecular formula is C11H15NO3S. The number of nitrogens with one attached hydrogen (secondary N) is 1. The Morgan fingerprint density at radius 2 is 2.00 bits per heavy atom. The molecule has 0 aliphatic rings. The van der Waals surface area contributed by atoms with Crippen molar-refractivity contribution in [1.82, 2.24) is 0 Å². The molecule has 0 aromatic heterocycles. The molecule has 0 spiro atoms. The number of rotatable bonds is 5. The van der Waals surface area contributed by atoms with Gasteiger partial charge in [-0.2, -0.15) is 0 Å². The van der Waals surface area contributed by atoms with Crippen molar-refractivity contribution in [3.05, 3.63) is 29.8 Å². The summed E-state index contributed by atoms with van der Waals surface area (Å²) in [5, 5.41) is 17.1. The Balaban J connectivity index is 2.88.